The van der Waals surface area contributed by atoms with Crippen molar-refractivity contribution >= 4 is 28.6 Å². The van der Waals surface area contributed by atoms with Crippen molar-refractivity contribution in [2.45, 2.75) is 20.3 Å². The third-order valence-electron chi connectivity index (χ3n) is 2.74. The summed E-state index contributed by atoms with van der Waals surface area (Å²) in [6.07, 6.45) is 0.758. The van der Waals surface area contributed by atoms with E-state index in [1.54, 1.807) is 11.3 Å². The molecule has 3 N–H and O–H groups in total. The standard InChI is InChI=1S/C15H17N3OS2/c1-10-8-13(21-12(10)4-3-6-16)15(19)17-7-5-14-18-11(2)9-20-14/h8-9H,5-7,16H2,1-2H3,(H,17,19). The molecule has 2 aromatic heterocycles. The van der Waals surface area contributed by atoms with Gasteiger partial charge in [-0.25, -0.2) is 4.98 Å². The number of rotatable bonds is 4. The summed E-state index contributed by atoms with van der Waals surface area (Å²) >= 11 is 3.03. The van der Waals surface area contributed by atoms with Gasteiger partial charge in [-0.05, 0) is 25.5 Å². The normalized spacial score (nSPS) is 10.0. The van der Waals surface area contributed by atoms with Crippen molar-refractivity contribution in [1.82, 2.24) is 10.3 Å². The zero-order valence-corrected chi connectivity index (χ0v) is 13.7. The molecule has 4 nitrogen and oxygen atoms in total. The van der Waals surface area contributed by atoms with E-state index in [0.717, 1.165) is 27.6 Å². The first-order chi connectivity index (χ1) is 10.1. The van der Waals surface area contributed by atoms with Crippen LogP contribution in [0, 0.1) is 25.7 Å². The van der Waals surface area contributed by atoms with E-state index in [1.165, 1.54) is 11.3 Å². The first-order valence-electron chi connectivity index (χ1n) is 6.58. The minimum Gasteiger partial charge on any atom is -0.351 e. The molecule has 0 unspecified atom stereocenters. The second-order valence-electron chi connectivity index (χ2n) is 4.52. The van der Waals surface area contributed by atoms with Crippen LogP contribution in [0.5, 0.6) is 0 Å². The van der Waals surface area contributed by atoms with Gasteiger partial charge in [-0.2, -0.15) is 0 Å². The summed E-state index contributed by atoms with van der Waals surface area (Å²) in [5, 5.41) is 5.98. The molecule has 1 amide bonds. The number of nitrogens with two attached hydrogens (primary N) is 1. The summed E-state index contributed by atoms with van der Waals surface area (Å²) in [7, 11) is 0. The van der Waals surface area contributed by atoms with Crippen molar-refractivity contribution < 1.29 is 4.79 Å². The first-order valence-corrected chi connectivity index (χ1v) is 8.28. The Morgan fingerprint density at radius 3 is 2.95 bits per heavy atom. The fourth-order valence-corrected chi connectivity index (χ4v) is 3.48. The highest BCUT2D eigenvalue weighted by Gasteiger charge is 2.11. The van der Waals surface area contributed by atoms with Crippen LogP contribution in [0.15, 0.2) is 11.4 Å². The first kappa shape index (κ1) is 15.7. The van der Waals surface area contributed by atoms with Crippen molar-refractivity contribution in [2.75, 3.05) is 13.1 Å². The number of hydrogen-bond acceptors (Lipinski definition) is 5. The van der Waals surface area contributed by atoms with Gasteiger partial charge in [-0.3, -0.25) is 4.79 Å². The molecular formula is C15H17N3OS2. The molecule has 0 bridgehead atoms. The Kier molecular flexibility index (Phi) is 5.51. The van der Waals surface area contributed by atoms with Gasteiger partial charge in [0.15, 0.2) is 0 Å². The van der Waals surface area contributed by atoms with Gasteiger partial charge in [-0.15, -0.1) is 22.7 Å². The molecule has 0 aliphatic heterocycles. The zero-order valence-electron chi connectivity index (χ0n) is 12.0. The molecule has 6 heteroatoms. The van der Waals surface area contributed by atoms with Gasteiger partial charge in [0.25, 0.3) is 5.91 Å². The Morgan fingerprint density at radius 1 is 1.48 bits per heavy atom. The van der Waals surface area contributed by atoms with E-state index in [9.17, 15) is 4.79 Å². The third kappa shape index (κ3) is 4.39. The predicted octanol–water partition coefficient (Wildman–Crippen LogP) is 2.10. The number of hydrogen-bond donors (Lipinski definition) is 2. The smallest absolute Gasteiger partial charge is 0.261 e. The molecule has 21 heavy (non-hydrogen) atoms. The molecule has 0 fully saturated rings. The highest BCUT2D eigenvalue weighted by molar-refractivity contribution is 7.14. The highest BCUT2D eigenvalue weighted by atomic mass is 32.1. The average molecular weight is 319 g/mol. The van der Waals surface area contributed by atoms with Crippen molar-refractivity contribution in [3.05, 3.63) is 37.5 Å². The lowest BCUT2D eigenvalue weighted by atomic mass is 10.2. The van der Waals surface area contributed by atoms with Crippen molar-refractivity contribution in [3.8, 4) is 11.8 Å². The van der Waals surface area contributed by atoms with Crippen LogP contribution in [0.25, 0.3) is 0 Å². The van der Waals surface area contributed by atoms with E-state index in [4.69, 9.17) is 5.73 Å². The van der Waals surface area contributed by atoms with Crippen LogP contribution in [-0.4, -0.2) is 24.0 Å². The number of amides is 1. The molecule has 2 rings (SSSR count). The van der Waals surface area contributed by atoms with Gasteiger partial charge in [0.1, 0.15) is 0 Å². The van der Waals surface area contributed by atoms with E-state index in [0.29, 0.717) is 18.0 Å². The second-order valence-corrected chi connectivity index (χ2v) is 6.51. The Labute approximate surface area is 132 Å². The number of carbonyl (C=O) groups excluding carboxylic acids is 1. The molecule has 2 heterocycles. The molecule has 0 aromatic carbocycles. The quantitative estimate of drug-likeness (QED) is 0.848. The molecule has 0 spiro atoms. The van der Waals surface area contributed by atoms with E-state index in [2.05, 4.69) is 22.1 Å². The van der Waals surface area contributed by atoms with E-state index < -0.39 is 0 Å². The van der Waals surface area contributed by atoms with Gasteiger partial charge in [0.05, 0.1) is 21.3 Å². The van der Waals surface area contributed by atoms with E-state index >= 15 is 0 Å². The van der Waals surface area contributed by atoms with Crippen molar-refractivity contribution in [3.63, 3.8) is 0 Å². The van der Waals surface area contributed by atoms with E-state index in [-0.39, 0.29) is 5.91 Å². The lowest BCUT2D eigenvalue weighted by molar-refractivity contribution is 0.0958. The number of aryl methyl sites for hydroxylation is 2. The maximum atomic E-state index is 12.1. The maximum absolute atomic E-state index is 12.1. The van der Waals surface area contributed by atoms with Gasteiger partial charge < -0.3 is 11.1 Å². The Morgan fingerprint density at radius 2 is 2.29 bits per heavy atom. The summed E-state index contributed by atoms with van der Waals surface area (Å²) in [6.45, 7) is 4.84. The molecule has 0 aliphatic rings. The summed E-state index contributed by atoms with van der Waals surface area (Å²) in [4.78, 5) is 18.0. The Bertz CT molecular complexity index is 691. The highest BCUT2D eigenvalue weighted by Crippen LogP contribution is 2.20. The third-order valence-corrected chi connectivity index (χ3v) is 4.91. The molecule has 0 saturated carbocycles. The van der Waals surface area contributed by atoms with Crippen LogP contribution in [0.2, 0.25) is 0 Å². The van der Waals surface area contributed by atoms with Crippen LogP contribution in [0.3, 0.4) is 0 Å². The fraction of sp³-hybridized carbons (Fsp3) is 0.333. The monoisotopic (exact) mass is 319 g/mol. The minimum absolute atomic E-state index is 0.0582. The lowest BCUT2D eigenvalue weighted by Gasteiger charge is -2.01. The number of carbonyl (C=O) groups is 1. The number of nitrogens with zero attached hydrogens (tertiary/aromatic N) is 1. The molecular weight excluding hydrogens is 302 g/mol. The molecule has 0 radical (unpaired) electrons. The fourth-order valence-electron chi connectivity index (χ4n) is 1.74. The van der Waals surface area contributed by atoms with E-state index in [1.807, 2.05) is 25.3 Å². The summed E-state index contributed by atoms with van der Waals surface area (Å²) in [6, 6.07) is 1.87. The average Bonchev–Trinajstić information content (AvgIpc) is 3.03. The topological polar surface area (TPSA) is 68.0 Å². The Hall–Kier alpha value is -1.68. The van der Waals surface area contributed by atoms with Crippen LogP contribution >= 0.6 is 22.7 Å². The van der Waals surface area contributed by atoms with Crippen LogP contribution < -0.4 is 11.1 Å². The van der Waals surface area contributed by atoms with Gasteiger partial charge in [0.2, 0.25) is 0 Å². The molecule has 0 aliphatic carbocycles. The van der Waals surface area contributed by atoms with Crippen LogP contribution in [-0.2, 0) is 6.42 Å². The second kappa shape index (κ2) is 7.36. The largest absolute Gasteiger partial charge is 0.351 e. The molecule has 110 valence electrons. The SMILES string of the molecule is Cc1csc(CCNC(=O)c2cc(C)c(C#CCN)s2)n1. The predicted molar refractivity (Wildman–Crippen MR) is 87.9 cm³/mol. The molecule has 2 aromatic rings. The number of thiophene rings is 1. The minimum atomic E-state index is -0.0582. The zero-order chi connectivity index (χ0) is 15.2. The lowest BCUT2D eigenvalue weighted by Crippen LogP contribution is -2.24. The van der Waals surface area contributed by atoms with Crippen LogP contribution in [0.1, 0.15) is 30.8 Å². The number of nitrogens with one attached hydrogen (secondary N) is 1. The maximum Gasteiger partial charge on any atom is 0.261 e. The van der Waals surface area contributed by atoms with Gasteiger partial charge >= 0.3 is 0 Å². The van der Waals surface area contributed by atoms with Crippen molar-refractivity contribution in [1.29, 1.82) is 0 Å². The number of aromatic nitrogens is 1. The summed E-state index contributed by atoms with van der Waals surface area (Å²) in [5.74, 6) is 5.74. The Balaban J connectivity index is 1.91. The molecule has 0 saturated heterocycles. The van der Waals surface area contributed by atoms with Gasteiger partial charge in [-0.1, -0.05) is 11.8 Å². The number of thiazole rings is 1. The van der Waals surface area contributed by atoms with Crippen LogP contribution in [0.4, 0.5) is 0 Å². The molecule has 0 atom stereocenters. The van der Waals surface area contributed by atoms with Crippen molar-refractivity contribution in [2.24, 2.45) is 5.73 Å². The summed E-state index contributed by atoms with van der Waals surface area (Å²) in [5.41, 5.74) is 7.40. The van der Waals surface area contributed by atoms with Gasteiger partial charge in [0, 0.05) is 24.0 Å². The summed E-state index contributed by atoms with van der Waals surface area (Å²) < 4.78 is 0.